The second-order valence-corrected chi connectivity index (χ2v) is 18.2. The summed E-state index contributed by atoms with van der Waals surface area (Å²) in [6, 6.07) is 13.2. The van der Waals surface area contributed by atoms with Crippen molar-refractivity contribution in [3.63, 3.8) is 0 Å². The van der Waals surface area contributed by atoms with Crippen molar-refractivity contribution in [1.29, 1.82) is 0 Å². The maximum Gasteiger partial charge on any atom is 0.306 e. The largest absolute Gasteiger partial charge is 0.469 e. The zero-order chi connectivity index (χ0) is 42.3. The van der Waals surface area contributed by atoms with Crippen LogP contribution in [0.4, 0.5) is 0 Å². The summed E-state index contributed by atoms with van der Waals surface area (Å²) < 4.78 is 16.3. The molecule has 6 aliphatic rings. The Morgan fingerprint density at radius 2 is 1.22 bits per heavy atom. The number of esters is 2. The van der Waals surface area contributed by atoms with Gasteiger partial charge in [0.2, 0.25) is 11.8 Å². The maximum atomic E-state index is 13.9. The van der Waals surface area contributed by atoms with Crippen molar-refractivity contribution in [2.45, 2.75) is 116 Å². The highest BCUT2D eigenvalue weighted by molar-refractivity contribution is 6.05. The second-order valence-electron chi connectivity index (χ2n) is 18.2. The van der Waals surface area contributed by atoms with Crippen LogP contribution in [-0.4, -0.2) is 91.0 Å². The summed E-state index contributed by atoms with van der Waals surface area (Å²) >= 11 is 0. The van der Waals surface area contributed by atoms with Crippen LogP contribution in [0.15, 0.2) is 58.8 Å². The third-order valence-electron chi connectivity index (χ3n) is 14.2. The molecular formula is C49H60N4O7. The van der Waals surface area contributed by atoms with Gasteiger partial charge in [0.15, 0.2) is 0 Å². The average molecular weight is 817 g/mol. The first-order valence-electron chi connectivity index (χ1n) is 22.1. The summed E-state index contributed by atoms with van der Waals surface area (Å²) in [5, 5.41) is 0. The molecule has 0 saturated carbocycles. The van der Waals surface area contributed by atoms with Crippen LogP contribution in [0.25, 0.3) is 22.3 Å². The number of allylic oxidation sites excluding steroid dienone is 2. The molecule has 0 radical (unpaired) electrons. The highest BCUT2D eigenvalue weighted by Gasteiger charge is 2.48. The van der Waals surface area contributed by atoms with E-state index in [4.69, 9.17) is 24.2 Å². The summed E-state index contributed by atoms with van der Waals surface area (Å²) in [6.07, 6.45) is 12.0. The summed E-state index contributed by atoms with van der Waals surface area (Å²) in [5.74, 6) is -1.45. The minimum absolute atomic E-state index is 0.0168. The van der Waals surface area contributed by atoms with Gasteiger partial charge in [-0.05, 0) is 94.9 Å². The molecule has 0 N–H and O–H groups in total. The molecule has 318 valence electrons. The number of benzene rings is 2. The van der Waals surface area contributed by atoms with Crippen LogP contribution in [-0.2, 0) is 45.4 Å². The molecule has 11 heteroatoms. The Labute approximate surface area is 354 Å². The Morgan fingerprint density at radius 1 is 0.717 bits per heavy atom. The van der Waals surface area contributed by atoms with Gasteiger partial charge >= 0.3 is 11.9 Å². The first kappa shape index (κ1) is 41.8. The van der Waals surface area contributed by atoms with Crippen LogP contribution in [0, 0.1) is 23.7 Å². The van der Waals surface area contributed by atoms with E-state index in [2.05, 4.69) is 36.4 Å². The fourth-order valence-electron chi connectivity index (χ4n) is 10.6. The van der Waals surface area contributed by atoms with E-state index in [1.807, 2.05) is 49.9 Å². The molecule has 1 spiro atoms. The van der Waals surface area contributed by atoms with Crippen LogP contribution in [0.5, 0.6) is 0 Å². The van der Waals surface area contributed by atoms with E-state index >= 15 is 0 Å². The van der Waals surface area contributed by atoms with Crippen LogP contribution < -0.4 is 0 Å². The number of aliphatic imine (C=N–C) groups is 2. The SMILES string of the molecule is COC(=O)C[C@H](C(=O)N1CCC[C@H]1C1=NC=C(c2ccc(-c3ccc(C4=CN=C([C@@H]5CCCN5C(=O)[C@@H](CC(=O)OC)C(C)C)C4)c4c3C3(CCO3)CC4)cc2)C1)C(C)C. The van der Waals surface area contributed by atoms with Crippen molar-refractivity contribution < 1.29 is 33.4 Å². The number of nitrogens with zero attached hydrogens (tertiary/aromatic N) is 4. The Kier molecular flexibility index (Phi) is 12.0. The smallest absolute Gasteiger partial charge is 0.306 e. The van der Waals surface area contributed by atoms with Gasteiger partial charge in [0.05, 0.1) is 63.2 Å². The van der Waals surface area contributed by atoms with Crippen molar-refractivity contribution in [2.24, 2.45) is 33.7 Å². The molecule has 0 aromatic heterocycles. The van der Waals surface area contributed by atoms with Crippen molar-refractivity contribution >= 4 is 46.3 Å². The van der Waals surface area contributed by atoms with Crippen molar-refractivity contribution in [3.8, 4) is 11.1 Å². The average Bonchev–Trinajstić information content (AvgIpc) is 4.09. The lowest BCUT2D eigenvalue weighted by Gasteiger charge is -2.41. The zero-order valence-corrected chi connectivity index (χ0v) is 36.1. The highest BCUT2D eigenvalue weighted by Crippen LogP contribution is 2.54. The third-order valence-corrected chi connectivity index (χ3v) is 14.2. The number of methoxy groups -OCH3 is 2. The van der Waals surface area contributed by atoms with E-state index in [-0.39, 0.29) is 66.1 Å². The van der Waals surface area contributed by atoms with Gasteiger partial charge in [-0.3, -0.25) is 29.2 Å². The van der Waals surface area contributed by atoms with Crippen LogP contribution >= 0.6 is 0 Å². The van der Waals surface area contributed by atoms with E-state index in [0.29, 0.717) is 25.9 Å². The van der Waals surface area contributed by atoms with E-state index < -0.39 is 11.8 Å². The van der Waals surface area contributed by atoms with Crippen molar-refractivity contribution in [2.75, 3.05) is 33.9 Å². The van der Waals surface area contributed by atoms with Gasteiger partial charge in [-0.1, -0.05) is 64.1 Å². The lowest BCUT2D eigenvalue weighted by atomic mass is 9.81. The topological polar surface area (TPSA) is 127 Å². The highest BCUT2D eigenvalue weighted by atomic mass is 16.5. The molecular weight excluding hydrogens is 757 g/mol. The molecule has 5 atom stereocenters. The van der Waals surface area contributed by atoms with E-state index in [1.165, 1.54) is 42.0 Å². The van der Waals surface area contributed by atoms with Gasteiger partial charge < -0.3 is 24.0 Å². The fraction of sp³-hybridized carbons (Fsp3) is 0.551. The van der Waals surface area contributed by atoms with Gasteiger partial charge in [0.25, 0.3) is 0 Å². The molecule has 3 fully saturated rings. The Hall–Kier alpha value is -4.90. The van der Waals surface area contributed by atoms with Crippen LogP contribution in [0.1, 0.15) is 114 Å². The number of hydrogen-bond donors (Lipinski definition) is 0. The number of carbonyl (C=O) groups is 4. The molecule has 60 heavy (non-hydrogen) atoms. The van der Waals surface area contributed by atoms with Crippen LogP contribution in [0.2, 0.25) is 0 Å². The molecule has 2 amide bonds. The molecule has 5 heterocycles. The number of ether oxygens (including phenoxy) is 3. The number of likely N-dealkylation sites (tertiary alicyclic amines) is 2. The number of amides is 2. The third kappa shape index (κ3) is 7.78. The first-order chi connectivity index (χ1) is 28.9. The molecule has 2 aromatic carbocycles. The van der Waals surface area contributed by atoms with Gasteiger partial charge in [-0.2, -0.15) is 0 Å². The number of fused-ring (bicyclic) bond motifs is 2. The molecule has 3 saturated heterocycles. The minimum Gasteiger partial charge on any atom is -0.469 e. The summed E-state index contributed by atoms with van der Waals surface area (Å²) in [7, 11) is 2.74. The summed E-state index contributed by atoms with van der Waals surface area (Å²) in [6.45, 7) is 10.1. The van der Waals surface area contributed by atoms with E-state index in [0.717, 1.165) is 79.7 Å². The summed E-state index contributed by atoms with van der Waals surface area (Å²) in [4.78, 5) is 65.7. The normalized spacial score (nSPS) is 24.3. The predicted octanol–water partition coefficient (Wildman–Crippen LogP) is 7.94. The monoisotopic (exact) mass is 816 g/mol. The standard InChI is InChI=1S/C49H60N4O7/c1-29(2)38(25-44(54)58-5)47(56)52-20-7-9-42(52)40-23-33(27-50-40)31-11-13-32(14-12-31)36-16-15-35(37-17-18-49(46(36)37)19-22-60-49)34-24-41(51-28-34)43-10-8-21-53(43)48(57)39(30(3)4)26-45(55)59-6/h11-16,27-30,38-39,42-43H,7-10,17-26H2,1-6H3/t38-,39-,42-,43-,49?/m0/s1. The number of rotatable bonds is 13. The lowest BCUT2D eigenvalue weighted by molar-refractivity contribution is -0.151. The number of carbonyl (C=O) groups excluding carboxylic acids is 4. The predicted molar refractivity (Wildman–Crippen MR) is 232 cm³/mol. The fourth-order valence-corrected chi connectivity index (χ4v) is 10.6. The molecule has 0 bridgehead atoms. The Balaban J connectivity index is 0.966. The molecule has 5 aliphatic heterocycles. The van der Waals surface area contributed by atoms with E-state index in [1.54, 1.807) is 0 Å². The molecule has 1 aliphatic carbocycles. The Morgan fingerprint density at radius 3 is 1.72 bits per heavy atom. The Bertz CT molecular complexity index is 2160. The van der Waals surface area contributed by atoms with Gasteiger partial charge in [0.1, 0.15) is 0 Å². The maximum absolute atomic E-state index is 13.9. The van der Waals surface area contributed by atoms with E-state index in [9.17, 15) is 19.2 Å². The van der Waals surface area contributed by atoms with Crippen molar-refractivity contribution in [1.82, 2.24) is 9.80 Å². The second kappa shape index (κ2) is 17.2. The molecule has 11 nitrogen and oxygen atoms in total. The van der Waals surface area contributed by atoms with Gasteiger partial charge in [0, 0.05) is 56.2 Å². The molecule has 2 aromatic rings. The molecule has 1 unspecified atom stereocenters. The number of hydrogen-bond acceptors (Lipinski definition) is 9. The van der Waals surface area contributed by atoms with Crippen molar-refractivity contribution in [3.05, 3.63) is 71.1 Å². The lowest BCUT2D eigenvalue weighted by Crippen LogP contribution is -2.45. The minimum atomic E-state index is -0.416. The zero-order valence-electron chi connectivity index (χ0n) is 36.1. The van der Waals surface area contributed by atoms with Crippen LogP contribution in [0.3, 0.4) is 0 Å². The van der Waals surface area contributed by atoms with Gasteiger partial charge in [-0.15, -0.1) is 0 Å². The molecule has 8 rings (SSSR count). The first-order valence-corrected chi connectivity index (χ1v) is 22.1. The summed E-state index contributed by atoms with van der Waals surface area (Å²) in [5.41, 5.74) is 11.4. The quantitative estimate of drug-likeness (QED) is 0.188. The van der Waals surface area contributed by atoms with Gasteiger partial charge in [-0.25, -0.2) is 0 Å².